The second-order valence-electron chi connectivity index (χ2n) is 5.54. The van der Waals surface area contributed by atoms with Gasteiger partial charge in [0.15, 0.2) is 5.03 Å². The number of nitrogens with zero attached hydrogens (tertiary/aromatic N) is 5. The van der Waals surface area contributed by atoms with Crippen LogP contribution in [0.5, 0.6) is 11.8 Å². The lowest BCUT2D eigenvalue weighted by Crippen LogP contribution is -2.31. The summed E-state index contributed by atoms with van der Waals surface area (Å²) in [7, 11) is -0.344. The van der Waals surface area contributed by atoms with Crippen LogP contribution >= 0.6 is 0 Å². The zero-order chi connectivity index (χ0) is 17.3. The average Bonchev–Trinajstić information content (AvgIpc) is 3.16. The van der Waals surface area contributed by atoms with Crippen molar-refractivity contribution < 1.29 is 17.9 Å². The number of sulfonamides is 1. The number of aryl methyl sites for hydroxylation is 2. The molecule has 3 rings (SSSR count). The third-order valence-corrected chi connectivity index (χ3v) is 5.65. The number of ether oxygens (including phenoxy) is 2. The van der Waals surface area contributed by atoms with Crippen molar-refractivity contribution in [2.24, 2.45) is 7.05 Å². The van der Waals surface area contributed by atoms with Crippen LogP contribution in [0.2, 0.25) is 0 Å². The number of rotatable bonds is 5. The van der Waals surface area contributed by atoms with E-state index in [0.29, 0.717) is 30.5 Å². The molecule has 0 aromatic carbocycles. The Morgan fingerprint density at radius 3 is 2.54 bits per heavy atom. The second kappa shape index (κ2) is 6.36. The maximum atomic E-state index is 12.6. The van der Waals surface area contributed by atoms with E-state index in [1.807, 2.05) is 0 Å². The standard InChI is InChI=1S/C14H19N5O4S/c1-10-15-14(9-18(10)2)24(20,21)19-7-6-11(8-19)23-13-5-4-12(22-3)16-17-13/h4-5,9,11H,6-8H2,1-3H3. The molecule has 24 heavy (non-hydrogen) atoms. The SMILES string of the molecule is COc1ccc(OC2CCN(S(=O)(=O)c3cn(C)c(C)n3)C2)nn1. The lowest BCUT2D eigenvalue weighted by atomic mass is 10.3. The minimum Gasteiger partial charge on any atom is -0.480 e. The molecule has 1 atom stereocenters. The van der Waals surface area contributed by atoms with Crippen molar-refractivity contribution >= 4 is 10.0 Å². The zero-order valence-electron chi connectivity index (χ0n) is 13.7. The van der Waals surface area contributed by atoms with Gasteiger partial charge in [0.1, 0.15) is 11.9 Å². The van der Waals surface area contributed by atoms with E-state index in [-0.39, 0.29) is 17.7 Å². The molecular weight excluding hydrogens is 334 g/mol. The van der Waals surface area contributed by atoms with Gasteiger partial charge in [-0.15, -0.1) is 10.2 Å². The van der Waals surface area contributed by atoms with E-state index >= 15 is 0 Å². The van der Waals surface area contributed by atoms with E-state index in [9.17, 15) is 8.42 Å². The highest BCUT2D eigenvalue weighted by atomic mass is 32.2. The molecule has 0 spiro atoms. The summed E-state index contributed by atoms with van der Waals surface area (Å²) in [5, 5.41) is 7.78. The molecule has 0 amide bonds. The lowest BCUT2D eigenvalue weighted by Gasteiger charge is -2.15. The predicted octanol–water partition coefficient (Wildman–Crippen LogP) is 0.369. The number of aromatic nitrogens is 4. The Morgan fingerprint density at radius 2 is 1.96 bits per heavy atom. The molecule has 0 bridgehead atoms. The van der Waals surface area contributed by atoms with Crippen molar-refractivity contribution in [2.45, 2.75) is 24.5 Å². The van der Waals surface area contributed by atoms with Crippen LogP contribution in [-0.2, 0) is 17.1 Å². The van der Waals surface area contributed by atoms with Crippen LogP contribution in [0.4, 0.5) is 0 Å². The van der Waals surface area contributed by atoms with Gasteiger partial charge in [-0.25, -0.2) is 13.4 Å². The first-order valence-electron chi connectivity index (χ1n) is 7.44. The van der Waals surface area contributed by atoms with Gasteiger partial charge >= 0.3 is 0 Å². The summed E-state index contributed by atoms with van der Waals surface area (Å²) in [4.78, 5) is 4.11. The van der Waals surface area contributed by atoms with Gasteiger partial charge in [-0.2, -0.15) is 4.31 Å². The topological polar surface area (TPSA) is 99.4 Å². The Hall–Kier alpha value is -2.20. The molecule has 0 N–H and O–H groups in total. The normalized spacial score (nSPS) is 18.7. The molecule has 0 saturated carbocycles. The molecular formula is C14H19N5O4S. The molecule has 1 aliphatic heterocycles. The highest BCUT2D eigenvalue weighted by molar-refractivity contribution is 7.89. The third kappa shape index (κ3) is 3.20. The van der Waals surface area contributed by atoms with Crippen LogP contribution in [0.15, 0.2) is 23.4 Å². The summed E-state index contributed by atoms with van der Waals surface area (Å²) < 4.78 is 39.0. The van der Waals surface area contributed by atoms with E-state index in [1.54, 1.807) is 30.7 Å². The summed E-state index contributed by atoms with van der Waals surface area (Å²) in [6.45, 7) is 2.40. The summed E-state index contributed by atoms with van der Waals surface area (Å²) in [6.07, 6.45) is 1.83. The van der Waals surface area contributed by atoms with Crippen molar-refractivity contribution in [3.63, 3.8) is 0 Å². The van der Waals surface area contributed by atoms with Gasteiger partial charge in [0.25, 0.3) is 10.0 Å². The van der Waals surface area contributed by atoms with Crippen molar-refractivity contribution in [1.29, 1.82) is 0 Å². The van der Waals surface area contributed by atoms with Gasteiger partial charge in [0, 0.05) is 31.9 Å². The molecule has 1 fully saturated rings. The smallest absolute Gasteiger partial charge is 0.262 e. The molecule has 9 nitrogen and oxygen atoms in total. The van der Waals surface area contributed by atoms with Gasteiger partial charge in [-0.3, -0.25) is 0 Å². The zero-order valence-corrected chi connectivity index (χ0v) is 14.5. The Labute approximate surface area is 140 Å². The van der Waals surface area contributed by atoms with Crippen LogP contribution in [0.25, 0.3) is 0 Å². The van der Waals surface area contributed by atoms with E-state index in [1.165, 1.54) is 17.6 Å². The molecule has 0 aliphatic carbocycles. The van der Waals surface area contributed by atoms with Crippen LogP contribution in [0, 0.1) is 6.92 Å². The Kier molecular flexibility index (Phi) is 4.41. The largest absolute Gasteiger partial charge is 0.480 e. The fraction of sp³-hybridized carbons (Fsp3) is 0.500. The quantitative estimate of drug-likeness (QED) is 0.765. The molecule has 130 valence electrons. The van der Waals surface area contributed by atoms with Crippen LogP contribution < -0.4 is 9.47 Å². The molecule has 0 radical (unpaired) electrons. The van der Waals surface area contributed by atoms with Gasteiger partial charge in [-0.05, 0) is 13.3 Å². The fourth-order valence-electron chi connectivity index (χ4n) is 2.45. The molecule has 1 unspecified atom stereocenters. The first-order valence-corrected chi connectivity index (χ1v) is 8.88. The van der Waals surface area contributed by atoms with E-state index < -0.39 is 10.0 Å². The summed E-state index contributed by atoms with van der Waals surface area (Å²) in [6, 6.07) is 3.29. The van der Waals surface area contributed by atoms with Crippen molar-refractivity contribution in [2.75, 3.05) is 20.2 Å². The van der Waals surface area contributed by atoms with Crippen molar-refractivity contribution in [1.82, 2.24) is 24.1 Å². The minimum absolute atomic E-state index is 0.0624. The predicted molar refractivity (Wildman–Crippen MR) is 84.3 cm³/mol. The molecule has 3 heterocycles. The minimum atomic E-state index is -3.61. The van der Waals surface area contributed by atoms with Crippen molar-refractivity contribution in [3.8, 4) is 11.8 Å². The van der Waals surface area contributed by atoms with Crippen molar-refractivity contribution in [3.05, 3.63) is 24.2 Å². The lowest BCUT2D eigenvalue weighted by molar-refractivity contribution is 0.203. The maximum absolute atomic E-state index is 12.6. The number of imidazole rings is 1. The first kappa shape index (κ1) is 16.7. The molecule has 2 aromatic rings. The Bertz CT molecular complexity index is 799. The highest BCUT2D eigenvalue weighted by Crippen LogP contribution is 2.23. The molecule has 1 saturated heterocycles. The van der Waals surface area contributed by atoms with E-state index in [0.717, 1.165) is 0 Å². The number of methoxy groups -OCH3 is 1. The van der Waals surface area contributed by atoms with Crippen LogP contribution in [0.3, 0.4) is 0 Å². The highest BCUT2D eigenvalue weighted by Gasteiger charge is 2.35. The average molecular weight is 353 g/mol. The summed E-state index contributed by atoms with van der Waals surface area (Å²) >= 11 is 0. The third-order valence-electron chi connectivity index (χ3n) is 3.91. The number of hydrogen-bond acceptors (Lipinski definition) is 7. The molecule has 2 aromatic heterocycles. The Morgan fingerprint density at radius 1 is 1.25 bits per heavy atom. The van der Waals surface area contributed by atoms with Crippen LogP contribution in [-0.4, -0.2) is 58.8 Å². The summed E-state index contributed by atoms with van der Waals surface area (Å²) in [5.41, 5.74) is 0. The van der Waals surface area contributed by atoms with E-state index in [4.69, 9.17) is 9.47 Å². The monoisotopic (exact) mass is 353 g/mol. The molecule has 10 heteroatoms. The summed E-state index contributed by atoms with van der Waals surface area (Å²) in [5.74, 6) is 1.38. The number of hydrogen-bond donors (Lipinski definition) is 0. The van der Waals surface area contributed by atoms with E-state index in [2.05, 4.69) is 15.2 Å². The van der Waals surface area contributed by atoms with Gasteiger partial charge in [0.05, 0.1) is 13.7 Å². The Balaban J connectivity index is 1.68. The second-order valence-corrected chi connectivity index (χ2v) is 7.43. The van der Waals surface area contributed by atoms with Gasteiger partial charge < -0.3 is 14.0 Å². The molecule has 1 aliphatic rings. The van der Waals surface area contributed by atoms with Crippen LogP contribution in [0.1, 0.15) is 12.2 Å². The van der Waals surface area contributed by atoms with Gasteiger partial charge in [0.2, 0.25) is 11.8 Å². The van der Waals surface area contributed by atoms with Gasteiger partial charge in [-0.1, -0.05) is 0 Å². The fourth-order valence-corrected chi connectivity index (χ4v) is 3.96. The first-order chi connectivity index (χ1) is 11.4. The maximum Gasteiger partial charge on any atom is 0.262 e.